The minimum atomic E-state index is -0.278. The molecule has 1 aromatic carbocycles. The zero-order valence-corrected chi connectivity index (χ0v) is 12.4. The maximum atomic E-state index is 12.7. The van der Waals surface area contributed by atoms with Crippen molar-refractivity contribution < 1.29 is 9.18 Å². The average molecular weight is 322 g/mol. The van der Waals surface area contributed by atoms with E-state index in [0.29, 0.717) is 18.1 Å². The molecule has 7 nitrogen and oxygen atoms in total. The highest BCUT2D eigenvalue weighted by Gasteiger charge is 2.07. The number of hydrogen-bond acceptors (Lipinski definition) is 7. The first-order chi connectivity index (χ1) is 10.5. The van der Waals surface area contributed by atoms with Gasteiger partial charge in [-0.15, -0.1) is 0 Å². The predicted molar refractivity (Wildman–Crippen MR) is 82.5 cm³/mol. The molecular weight excluding hydrogens is 307 g/mol. The van der Waals surface area contributed by atoms with E-state index in [9.17, 15) is 9.18 Å². The molecule has 0 saturated heterocycles. The Kier molecular flexibility index (Phi) is 5.48. The maximum Gasteiger partial charge on any atom is 0.230 e. The number of thioether (sulfide) groups is 1. The van der Waals surface area contributed by atoms with Crippen LogP contribution in [0.1, 0.15) is 5.56 Å². The number of nitrogen functional groups attached to an aromatic ring is 2. The Morgan fingerprint density at radius 2 is 1.77 bits per heavy atom. The van der Waals surface area contributed by atoms with Crippen LogP contribution in [0.25, 0.3) is 0 Å². The first-order valence-corrected chi connectivity index (χ1v) is 7.42. The highest BCUT2D eigenvalue weighted by molar-refractivity contribution is 7.99. The van der Waals surface area contributed by atoms with Crippen molar-refractivity contribution in [3.05, 3.63) is 35.6 Å². The van der Waals surface area contributed by atoms with E-state index in [1.807, 2.05) is 0 Å². The molecule has 2 aromatic rings. The van der Waals surface area contributed by atoms with E-state index < -0.39 is 0 Å². The van der Waals surface area contributed by atoms with Gasteiger partial charge in [-0.1, -0.05) is 23.9 Å². The van der Waals surface area contributed by atoms with Gasteiger partial charge >= 0.3 is 0 Å². The smallest absolute Gasteiger partial charge is 0.230 e. The SMILES string of the molecule is Nc1nc(N)nc(SCC(=O)NCCc2ccc(F)cc2)n1. The third-order valence-electron chi connectivity index (χ3n) is 2.63. The normalized spacial score (nSPS) is 10.4. The molecule has 0 aliphatic heterocycles. The second-order valence-corrected chi connectivity index (χ2v) is 5.29. The molecule has 0 aliphatic rings. The van der Waals surface area contributed by atoms with E-state index >= 15 is 0 Å². The topological polar surface area (TPSA) is 120 Å². The van der Waals surface area contributed by atoms with Crippen molar-refractivity contribution in [2.45, 2.75) is 11.6 Å². The lowest BCUT2D eigenvalue weighted by Crippen LogP contribution is -2.27. The van der Waals surface area contributed by atoms with Gasteiger partial charge in [0.2, 0.25) is 17.8 Å². The fraction of sp³-hybridized carbons (Fsp3) is 0.231. The van der Waals surface area contributed by atoms with Crippen LogP contribution in [0.15, 0.2) is 29.4 Å². The number of carbonyl (C=O) groups is 1. The number of nitrogens with zero attached hydrogens (tertiary/aromatic N) is 3. The van der Waals surface area contributed by atoms with Gasteiger partial charge in [-0.25, -0.2) is 4.39 Å². The number of nitrogens with one attached hydrogen (secondary N) is 1. The average Bonchev–Trinajstić information content (AvgIpc) is 2.46. The van der Waals surface area contributed by atoms with Crippen molar-refractivity contribution >= 4 is 29.6 Å². The molecule has 0 atom stereocenters. The Bertz CT molecular complexity index is 631. The third kappa shape index (κ3) is 5.17. The molecule has 0 fully saturated rings. The highest BCUT2D eigenvalue weighted by Crippen LogP contribution is 2.13. The van der Waals surface area contributed by atoms with Gasteiger partial charge in [-0.2, -0.15) is 15.0 Å². The van der Waals surface area contributed by atoms with Crippen molar-refractivity contribution in [1.82, 2.24) is 20.3 Å². The molecule has 1 heterocycles. The van der Waals surface area contributed by atoms with Crippen molar-refractivity contribution in [3.8, 4) is 0 Å². The molecular formula is C13H15FN6OS. The summed E-state index contributed by atoms with van der Waals surface area (Å²) in [5.74, 6) is -0.255. The number of aromatic nitrogens is 3. The molecule has 0 unspecified atom stereocenters. The van der Waals surface area contributed by atoms with E-state index in [2.05, 4.69) is 20.3 Å². The predicted octanol–water partition coefficient (Wildman–Crippen LogP) is 0.626. The number of rotatable bonds is 6. The summed E-state index contributed by atoms with van der Waals surface area (Å²) in [5.41, 5.74) is 11.8. The van der Waals surface area contributed by atoms with E-state index in [1.54, 1.807) is 12.1 Å². The maximum absolute atomic E-state index is 12.7. The second kappa shape index (κ2) is 7.55. The lowest BCUT2D eigenvalue weighted by molar-refractivity contribution is -0.118. The van der Waals surface area contributed by atoms with E-state index in [-0.39, 0.29) is 29.4 Å². The Balaban J connectivity index is 1.72. The summed E-state index contributed by atoms with van der Waals surface area (Å²) < 4.78 is 12.7. The molecule has 0 spiro atoms. The molecule has 0 radical (unpaired) electrons. The molecule has 5 N–H and O–H groups in total. The largest absolute Gasteiger partial charge is 0.368 e. The van der Waals surface area contributed by atoms with Gasteiger partial charge in [0.05, 0.1) is 5.75 Å². The summed E-state index contributed by atoms with van der Waals surface area (Å²) in [7, 11) is 0. The molecule has 1 aromatic heterocycles. The van der Waals surface area contributed by atoms with E-state index in [1.165, 1.54) is 12.1 Å². The monoisotopic (exact) mass is 322 g/mol. The van der Waals surface area contributed by atoms with Gasteiger partial charge in [0.1, 0.15) is 5.82 Å². The fourth-order valence-corrected chi connectivity index (χ4v) is 2.31. The number of nitrogens with two attached hydrogens (primary N) is 2. The van der Waals surface area contributed by atoms with Crippen LogP contribution in [0.4, 0.5) is 16.3 Å². The van der Waals surface area contributed by atoms with Crippen LogP contribution in [-0.4, -0.2) is 33.2 Å². The summed E-state index contributed by atoms with van der Waals surface area (Å²) >= 11 is 1.12. The fourth-order valence-electron chi connectivity index (χ4n) is 1.63. The second-order valence-electron chi connectivity index (χ2n) is 4.35. The van der Waals surface area contributed by atoms with Crippen molar-refractivity contribution in [2.24, 2.45) is 0 Å². The molecule has 1 amide bonds. The van der Waals surface area contributed by atoms with Crippen LogP contribution in [0.2, 0.25) is 0 Å². The summed E-state index contributed by atoms with van der Waals surface area (Å²) in [6, 6.07) is 6.16. The van der Waals surface area contributed by atoms with E-state index in [0.717, 1.165) is 17.3 Å². The lowest BCUT2D eigenvalue weighted by atomic mass is 10.1. The highest BCUT2D eigenvalue weighted by atomic mass is 32.2. The summed E-state index contributed by atoms with van der Waals surface area (Å²) in [6.45, 7) is 0.465. The Hall–Kier alpha value is -2.42. The molecule has 22 heavy (non-hydrogen) atoms. The summed E-state index contributed by atoms with van der Waals surface area (Å²) in [4.78, 5) is 23.1. The van der Waals surface area contributed by atoms with Crippen LogP contribution in [-0.2, 0) is 11.2 Å². The van der Waals surface area contributed by atoms with Gasteiger partial charge in [0.15, 0.2) is 5.16 Å². The Morgan fingerprint density at radius 3 is 2.41 bits per heavy atom. The van der Waals surface area contributed by atoms with Crippen LogP contribution < -0.4 is 16.8 Å². The van der Waals surface area contributed by atoms with Crippen LogP contribution in [0.5, 0.6) is 0 Å². The van der Waals surface area contributed by atoms with Crippen molar-refractivity contribution in [3.63, 3.8) is 0 Å². The lowest BCUT2D eigenvalue weighted by Gasteiger charge is -2.05. The zero-order chi connectivity index (χ0) is 15.9. The molecule has 2 rings (SSSR count). The number of anilines is 2. The Labute approximate surface area is 130 Å². The zero-order valence-electron chi connectivity index (χ0n) is 11.6. The van der Waals surface area contributed by atoms with Crippen LogP contribution in [0, 0.1) is 5.82 Å². The summed E-state index contributed by atoms with van der Waals surface area (Å²) in [5, 5.41) is 3.06. The Morgan fingerprint density at radius 1 is 1.14 bits per heavy atom. The minimum absolute atomic E-state index is 0.0201. The van der Waals surface area contributed by atoms with Gasteiger partial charge in [0, 0.05) is 6.54 Å². The molecule has 0 bridgehead atoms. The standard InChI is InChI=1S/C13H15FN6OS/c14-9-3-1-8(2-4-9)5-6-17-10(21)7-22-13-19-11(15)18-12(16)20-13/h1-4H,5-7H2,(H,17,21)(H4,15,16,18,19,20). The van der Waals surface area contributed by atoms with Gasteiger partial charge in [0.25, 0.3) is 0 Å². The molecule has 0 aliphatic carbocycles. The van der Waals surface area contributed by atoms with Crippen LogP contribution >= 0.6 is 11.8 Å². The van der Waals surface area contributed by atoms with Gasteiger partial charge in [-0.05, 0) is 24.1 Å². The number of halogens is 1. The quantitative estimate of drug-likeness (QED) is 0.667. The molecule has 9 heteroatoms. The summed E-state index contributed by atoms with van der Waals surface area (Å²) in [6.07, 6.45) is 0.627. The molecule has 0 saturated carbocycles. The van der Waals surface area contributed by atoms with Gasteiger partial charge < -0.3 is 16.8 Å². The first-order valence-electron chi connectivity index (χ1n) is 6.44. The van der Waals surface area contributed by atoms with Crippen molar-refractivity contribution in [2.75, 3.05) is 23.8 Å². The number of hydrogen-bond donors (Lipinski definition) is 3. The first kappa shape index (κ1) is 16.0. The third-order valence-corrected chi connectivity index (χ3v) is 3.48. The van der Waals surface area contributed by atoms with Crippen LogP contribution in [0.3, 0.4) is 0 Å². The van der Waals surface area contributed by atoms with E-state index in [4.69, 9.17) is 11.5 Å². The minimum Gasteiger partial charge on any atom is -0.368 e. The van der Waals surface area contributed by atoms with Crippen molar-refractivity contribution in [1.29, 1.82) is 0 Å². The number of carbonyl (C=O) groups excluding carboxylic acids is 1. The number of benzene rings is 1. The number of amides is 1. The molecule has 116 valence electrons. The van der Waals surface area contributed by atoms with Gasteiger partial charge in [-0.3, -0.25) is 4.79 Å².